The molecule has 4 heteroatoms. The molecule has 2 atom stereocenters. The Bertz CT molecular complexity index is 372. The van der Waals surface area contributed by atoms with Gasteiger partial charge in [-0.2, -0.15) is 5.10 Å². The molecule has 2 aliphatic rings. The van der Waals surface area contributed by atoms with Crippen LogP contribution in [-0.4, -0.2) is 34.6 Å². The molecular weight excluding hydrogens is 214 g/mol. The van der Waals surface area contributed by atoms with Crippen molar-refractivity contribution in [1.29, 1.82) is 0 Å². The highest BCUT2D eigenvalue weighted by Gasteiger charge is 2.28. The van der Waals surface area contributed by atoms with Crippen LogP contribution in [-0.2, 0) is 11.3 Å². The third-order valence-electron chi connectivity index (χ3n) is 3.71. The van der Waals surface area contributed by atoms with E-state index in [9.17, 15) is 0 Å². The number of aromatic nitrogens is 2. The van der Waals surface area contributed by atoms with Crippen molar-refractivity contribution >= 4 is 0 Å². The Hall–Kier alpha value is -0.870. The van der Waals surface area contributed by atoms with Gasteiger partial charge in [0.1, 0.15) is 0 Å². The summed E-state index contributed by atoms with van der Waals surface area (Å²) in [6.07, 6.45) is 7.67. The van der Waals surface area contributed by atoms with Crippen molar-refractivity contribution in [3.05, 3.63) is 18.0 Å². The molecule has 0 aromatic carbocycles. The highest BCUT2D eigenvalue weighted by Crippen LogP contribution is 2.23. The highest BCUT2D eigenvalue weighted by molar-refractivity contribution is 4.97. The van der Waals surface area contributed by atoms with E-state index in [1.165, 1.54) is 25.0 Å². The van der Waals surface area contributed by atoms with Crippen LogP contribution in [0.5, 0.6) is 0 Å². The van der Waals surface area contributed by atoms with Crippen LogP contribution in [0.15, 0.2) is 12.3 Å². The lowest BCUT2D eigenvalue weighted by molar-refractivity contribution is 0.0337. The van der Waals surface area contributed by atoms with E-state index in [4.69, 9.17) is 4.74 Å². The topological polar surface area (TPSA) is 39.1 Å². The van der Waals surface area contributed by atoms with Gasteiger partial charge in [0.15, 0.2) is 0 Å². The van der Waals surface area contributed by atoms with Crippen molar-refractivity contribution in [3.8, 4) is 0 Å². The molecule has 2 unspecified atom stereocenters. The van der Waals surface area contributed by atoms with E-state index in [1.54, 1.807) is 0 Å². The molecule has 1 aliphatic carbocycles. The third-order valence-corrected chi connectivity index (χ3v) is 3.71. The van der Waals surface area contributed by atoms with Crippen LogP contribution in [0.4, 0.5) is 0 Å². The Morgan fingerprint density at radius 3 is 2.88 bits per heavy atom. The van der Waals surface area contributed by atoms with E-state index in [2.05, 4.69) is 17.3 Å². The van der Waals surface area contributed by atoms with E-state index in [0.717, 1.165) is 25.6 Å². The van der Waals surface area contributed by atoms with Gasteiger partial charge < -0.3 is 10.1 Å². The monoisotopic (exact) mass is 235 g/mol. The van der Waals surface area contributed by atoms with Crippen LogP contribution >= 0.6 is 0 Å². The fourth-order valence-corrected chi connectivity index (χ4v) is 2.43. The summed E-state index contributed by atoms with van der Waals surface area (Å²) >= 11 is 0. The van der Waals surface area contributed by atoms with Crippen molar-refractivity contribution in [2.45, 2.75) is 57.4 Å². The molecule has 1 N–H and O–H groups in total. The van der Waals surface area contributed by atoms with Gasteiger partial charge in [-0.15, -0.1) is 0 Å². The number of nitrogens with zero attached hydrogens (tertiary/aromatic N) is 2. The Morgan fingerprint density at radius 1 is 1.35 bits per heavy atom. The zero-order valence-corrected chi connectivity index (χ0v) is 10.4. The van der Waals surface area contributed by atoms with Gasteiger partial charge in [0.2, 0.25) is 0 Å². The predicted molar refractivity (Wildman–Crippen MR) is 65.9 cm³/mol. The van der Waals surface area contributed by atoms with Crippen LogP contribution in [0.25, 0.3) is 0 Å². The lowest BCUT2D eigenvalue weighted by Crippen LogP contribution is -2.29. The molecule has 0 bridgehead atoms. The van der Waals surface area contributed by atoms with Crippen molar-refractivity contribution < 1.29 is 4.74 Å². The molecule has 1 saturated carbocycles. The lowest BCUT2D eigenvalue weighted by Gasteiger charge is -2.15. The fourth-order valence-electron chi connectivity index (χ4n) is 2.43. The molecule has 0 amide bonds. The molecule has 2 heterocycles. The molecule has 2 fully saturated rings. The van der Waals surface area contributed by atoms with E-state index < -0.39 is 0 Å². The minimum absolute atomic E-state index is 0.347. The molecule has 1 aliphatic heterocycles. The zero-order valence-electron chi connectivity index (χ0n) is 10.4. The Morgan fingerprint density at radius 2 is 2.18 bits per heavy atom. The van der Waals surface area contributed by atoms with Crippen LogP contribution in [0.1, 0.15) is 31.4 Å². The molecule has 3 rings (SSSR count). The maximum atomic E-state index is 6.04. The van der Waals surface area contributed by atoms with Gasteiger partial charge in [0.25, 0.3) is 0 Å². The van der Waals surface area contributed by atoms with Crippen molar-refractivity contribution in [3.63, 3.8) is 0 Å². The highest BCUT2D eigenvalue weighted by atomic mass is 16.5. The first kappa shape index (κ1) is 11.2. The third kappa shape index (κ3) is 2.87. The average molecular weight is 235 g/mol. The van der Waals surface area contributed by atoms with Crippen molar-refractivity contribution in [2.75, 3.05) is 6.54 Å². The van der Waals surface area contributed by atoms with Gasteiger partial charge in [-0.1, -0.05) is 0 Å². The molecule has 0 spiro atoms. The number of ether oxygens (including phenoxy) is 1. The molecule has 0 radical (unpaired) electrons. The van der Waals surface area contributed by atoms with Gasteiger partial charge in [0, 0.05) is 24.5 Å². The van der Waals surface area contributed by atoms with Crippen LogP contribution < -0.4 is 5.32 Å². The molecule has 1 aromatic heterocycles. The van der Waals surface area contributed by atoms with Gasteiger partial charge >= 0.3 is 0 Å². The minimum atomic E-state index is 0.347. The molecule has 1 aromatic rings. The summed E-state index contributed by atoms with van der Waals surface area (Å²) < 4.78 is 8.09. The summed E-state index contributed by atoms with van der Waals surface area (Å²) in [5.41, 5.74) is 1.22. The lowest BCUT2D eigenvalue weighted by atomic mass is 10.2. The molecule has 4 nitrogen and oxygen atoms in total. The maximum absolute atomic E-state index is 6.04. The largest absolute Gasteiger partial charge is 0.372 e. The van der Waals surface area contributed by atoms with Gasteiger partial charge in [0.05, 0.1) is 18.8 Å². The Kier molecular flexibility index (Phi) is 3.16. The summed E-state index contributed by atoms with van der Waals surface area (Å²) in [6, 6.07) is 2.83. The summed E-state index contributed by atoms with van der Waals surface area (Å²) in [5.74, 6) is 0. The number of hydrogen-bond acceptors (Lipinski definition) is 3. The van der Waals surface area contributed by atoms with Crippen LogP contribution in [0.2, 0.25) is 0 Å². The predicted octanol–water partition coefficient (Wildman–Crippen LogP) is 1.49. The summed E-state index contributed by atoms with van der Waals surface area (Å²) in [6.45, 7) is 4.02. The Balaban J connectivity index is 1.45. The summed E-state index contributed by atoms with van der Waals surface area (Å²) in [4.78, 5) is 0. The SMILES string of the molecule is Cc1ccnn1CC1CCC(CNC2CC2)O1. The molecular formula is C13H21N3O. The van der Waals surface area contributed by atoms with Crippen LogP contribution in [0, 0.1) is 6.92 Å². The second-order valence-electron chi connectivity index (χ2n) is 5.29. The number of aryl methyl sites for hydroxylation is 1. The first-order chi connectivity index (χ1) is 8.31. The maximum Gasteiger partial charge on any atom is 0.0776 e. The van der Waals surface area contributed by atoms with E-state index in [-0.39, 0.29) is 0 Å². The van der Waals surface area contributed by atoms with Crippen molar-refractivity contribution in [1.82, 2.24) is 15.1 Å². The standard InChI is InChI=1S/C13H21N3O/c1-10-6-7-15-16(10)9-13-5-4-12(17-13)8-14-11-2-3-11/h6-7,11-14H,2-5,8-9H2,1H3. The first-order valence-corrected chi connectivity index (χ1v) is 6.68. The Labute approximate surface area is 102 Å². The number of rotatable bonds is 5. The smallest absolute Gasteiger partial charge is 0.0776 e. The second-order valence-corrected chi connectivity index (χ2v) is 5.29. The summed E-state index contributed by atoms with van der Waals surface area (Å²) in [7, 11) is 0. The number of nitrogens with one attached hydrogen (secondary N) is 1. The normalized spacial score (nSPS) is 28.8. The van der Waals surface area contributed by atoms with E-state index in [0.29, 0.717) is 12.2 Å². The molecule has 17 heavy (non-hydrogen) atoms. The minimum Gasteiger partial charge on any atom is -0.372 e. The second kappa shape index (κ2) is 4.78. The zero-order chi connectivity index (χ0) is 11.7. The number of hydrogen-bond donors (Lipinski definition) is 1. The quantitative estimate of drug-likeness (QED) is 0.840. The van der Waals surface area contributed by atoms with E-state index in [1.807, 2.05) is 16.9 Å². The average Bonchev–Trinajstić information content (AvgIpc) is 2.92. The van der Waals surface area contributed by atoms with Gasteiger partial charge in [-0.3, -0.25) is 4.68 Å². The molecule has 94 valence electrons. The first-order valence-electron chi connectivity index (χ1n) is 6.68. The summed E-state index contributed by atoms with van der Waals surface area (Å²) in [5, 5.41) is 7.85. The van der Waals surface area contributed by atoms with Crippen LogP contribution in [0.3, 0.4) is 0 Å². The molecule has 1 saturated heterocycles. The van der Waals surface area contributed by atoms with Gasteiger partial charge in [-0.05, 0) is 38.7 Å². The van der Waals surface area contributed by atoms with Gasteiger partial charge in [-0.25, -0.2) is 0 Å². The fraction of sp³-hybridized carbons (Fsp3) is 0.769. The van der Waals surface area contributed by atoms with E-state index >= 15 is 0 Å². The van der Waals surface area contributed by atoms with Crippen molar-refractivity contribution in [2.24, 2.45) is 0 Å².